The van der Waals surface area contributed by atoms with Gasteiger partial charge in [0.25, 0.3) is 0 Å². The van der Waals surface area contributed by atoms with Crippen LogP contribution in [0.3, 0.4) is 0 Å². The van der Waals surface area contributed by atoms with Gasteiger partial charge in [-0.1, -0.05) is 48.6 Å². The average molecular weight is 310 g/mol. The first-order chi connectivity index (χ1) is 11.1. The number of hydrogen-bond donors (Lipinski definition) is 2. The van der Waals surface area contributed by atoms with Crippen LogP contribution in [0.15, 0.2) is 60.5 Å². The molecule has 120 valence electrons. The fourth-order valence-corrected chi connectivity index (χ4v) is 2.91. The Morgan fingerprint density at radius 2 is 2.09 bits per heavy atom. The molecular weight excluding hydrogens is 288 g/mol. The number of aliphatic hydroxyl groups excluding tert-OH is 2. The van der Waals surface area contributed by atoms with Crippen LogP contribution in [-0.2, 0) is 13.0 Å². The lowest BCUT2D eigenvalue weighted by Crippen LogP contribution is -2.13. The molecule has 0 saturated carbocycles. The molecule has 0 bridgehead atoms. The summed E-state index contributed by atoms with van der Waals surface area (Å²) in [4.78, 5) is 4.56. The molecular formula is C19H22N2O2. The lowest BCUT2D eigenvalue weighted by Gasteiger charge is -2.15. The van der Waals surface area contributed by atoms with Crippen molar-refractivity contribution in [1.29, 1.82) is 0 Å². The van der Waals surface area contributed by atoms with E-state index < -0.39 is 12.2 Å². The molecule has 0 fully saturated rings. The summed E-state index contributed by atoms with van der Waals surface area (Å²) in [7, 11) is 0. The molecule has 2 atom stereocenters. The first kappa shape index (κ1) is 15.7. The number of nitrogens with zero attached hydrogens (tertiary/aromatic N) is 2. The Morgan fingerprint density at radius 3 is 2.78 bits per heavy atom. The number of aliphatic hydroxyl groups is 2. The minimum Gasteiger partial charge on any atom is -0.393 e. The molecule has 0 amide bonds. The molecule has 0 aliphatic heterocycles. The third-order valence-electron chi connectivity index (χ3n) is 3.95. The van der Waals surface area contributed by atoms with E-state index >= 15 is 0 Å². The third-order valence-corrected chi connectivity index (χ3v) is 3.95. The van der Waals surface area contributed by atoms with Gasteiger partial charge in [-0.05, 0) is 18.9 Å². The van der Waals surface area contributed by atoms with Crippen molar-refractivity contribution in [3.8, 4) is 11.3 Å². The van der Waals surface area contributed by atoms with E-state index in [9.17, 15) is 10.2 Å². The molecule has 2 aromatic rings. The summed E-state index contributed by atoms with van der Waals surface area (Å²) < 4.78 is 2.06. The Morgan fingerprint density at radius 1 is 1.30 bits per heavy atom. The summed E-state index contributed by atoms with van der Waals surface area (Å²) in [6.45, 7) is 2.44. The summed E-state index contributed by atoms with van der Waals surface area (Å²) in [5.74, 6) is 0. The highest BCUT2D eigenvalue weighted by Gasteiger charge is 2.16. The van der Waals surface area contributed by atoms with Crippen molar-refractivity contribution >= 4 is 0 Å². The van der Waals surface area contributed by atoms with Gasteiger partial charge in [0.05, 0.1) is 24.2 Å². The Bertz CT molecular complexity index is 714. The molecule has 1 aromatic heterocycles. The monoisotopic (exact) mass is 310 g/mol. The van der Waals surface area contributed by atoms with E-state index in [1.807, 2.05) is 54.9 Å². The smallest absolute Gasteiger partial charge is 0.0959 e. The van der Waals surface area contributed by atoms with Crippen LogP contribution in [-0.4, -0.2) is 32.0 Å². The van der Waals surface area contributed by atoms with Crippen molar-refractivity contribution < 1.29 is 10.2 Å². The number of allylic oxidation sites excluding steroid dienone is 2. The van der Waals surface area contributed by atoms with Crippen molar-refractivity contribution in [3.05, 3.63) is 66.2 Å². The standard InChI is InChI=1S/C19H22N2O2/c1-14(22)10-18-19(16-7-3-2-4-8-16)20-13-21(18)12-15-6-5-9-17(23)11-15/h2-8,11,13-14,17,22-23H,9-10,12H2,1H3. The van der Waals surface area contributed by atoms with E-state index in [2.05, 4.69) is 9.55 Å². The fraction of sp³-hybridized carbons (Fsp3) is 0.316. The van der Waals surface area contributed by atoms with Gasteiger partial charge in [0.15, 0.2) is 0 Å². The van der Waals surface area contributed by atoms with Crippen LogP contribution in [0.1, 0.15) is 19.0 Å². The van der Waals surface area contributed by atoms with Crippen LogP contribution in [0, 0.1) is 0 Å². The van der Waals surface area contributed by atoms with Crippen LogP contribution >= 0.6 is 0 Å². The quantitative estimate of drug-likeness (QED) is 0.893. The van der Waals surface area contributed by atoms with Crippen LogP contribution in [0.25, 0.3) is 11.3 Å². The number of benzene rings is 1. The Kier molecular flexibility index (Phi) is 4.74. The van der Waals surface area contributed by atoms with Gasteiger partial charge in [0.2, 0.25) is 0 Å². The van der Waals surface area contributed by atoms with Crippen molar-refractivity contribution in [2.75, 3.05) is 0 Å². The van der Waals surface area contributed by atoms with Crippen LogP contribution in [0.2, 0.25) is 0 Å². The van der Waals surface area contributed by atoms with Gasteiger partial charge in [-0.2, -0.15) is 0 Å². The highest BCUT2D eigenvalue weighted by molar-refractivity contribution is 5.62. The third kappa shape index (κ3) is 3.78. The van der Waals surface area contributed by atoms with Gasteiger partial charge in [0.1, 0.15) is 0 Å². The van der Waals surface area contributed by atoms with Crippen molar-refractivity contribution in [3.63, 3.8) is 0 Å². The second-order valence-corrected chi connectivity index (χ2v) is 6.03. The lowest BCUT2D eigenvalue weighted by atomic mass is 10.0. The number of hydrogen-bond acceptors (Lipinski definition) is 3. The van der Waals surface area contributed by atoms with E-state index in [-0.39, 0.29) is 0 Å². The molecule has 1 aliphatic rings. The molecule has 1 aromatic carbocycles. The van der Waals surface area contributed by atoms with Gasteiger partial charge < -0.3 is 14.8 Å². The summed E-state index contributed by atoms with van der Waals surface area (Å²) >= 11 is 0. The largest absolute Gasteiger partial charge is 0.393 e. The van der Waals surface area contributed by atoms with Crippen LogP contribution in [0.4, 0.5) is 0 Å². The number of imidazole rings is 1. The Labute approximate surface area is 136 Å². The molecule has 0 spiro atoms. The van der Waals surface area contributed by atoms with E-state index in [0.717, 1.165) is 22.5 Å². The minimum atomic E-state index is -0.436. The second-order valence-electron chi connectivity index (χ2n) is 6.03. The van der Waals surface area contributed by atoms with Gasteiger partial charge in [-0.15, -0.1) is 0 Å². The summed E-state index contributed by atoms with van der Waals surface area (Å²) in [6, 6.07) is 10.0. The highest BCUT2D eigenvalue weighted by atomic mass is 16.3. The normalized spacial score (nSPS) is 18.7. The van der Waals surface area contributed by atoms with Gasteiger partial charge in [-0.3, -0.25) is 0 Å². The molecule has 1 heterocycles. The molecule has 2 unspecified atom stereocenters. The topological polar surface area (TPSA) is 58.3 Å². The predicted molar refractivity (Wildman–Crippen MR) is 90.9 cm³/mol. The van der Waals surface area contributed by atoms with Crippen molar-refractivity contribution in [2.45, 2.75) is 38.5 Å². The van der Waals surface area contributed by atoms with Gasteiger partial charge in [-0.25, -0.2) is 4.98 Å². The average Bonchev–Trinajstić information content (AvgIpc) is 2.90. The predicted octanol–water partition coefficient (Wildman–Crippen LogP) is 2.72. The maximum Gasteiger partial charge on any atom is 0.0959 e. The molecule has 3 rings (SSSR count). The minimum absolute atomic E-state index is 0.410. The van der Waals surface area contributed by atoms with Crippen LogP contribution < -0.4 is 0 Å². The highest BCUT2D eigenvalue weighted by Crippen LogP contribution is 2.24. The first-order valence-electron chi connectivity index (χ1n) is 7.96. The zero-order valence-corrected chi connectivity index (χ0v) is 13.3. The molecule has 4 heteroatoms. The maximum absolute atomic E-state index is 9.86. The molecule has 1 aliphatic carbocycles. The van der Waals surface area contributed by atoms with E-state index in [1.165, 1.54) is 0 Å². The molecule has 0 radical (unpaired) electrons. The lowest BCUT2D eigenvalue weighted by molar-refractivity contribution is 0.193. The fourth-order valence-electron chi connectivity index (χ4n) is 2.91. The van der Waals surface area contributed by atoms with E-state index in [1.54, 1.807) is 6.92 Å². The van der Waals surface area contributed by atoms with Gasteiger partial charge in [0, 0.05) is 24.2 Å². The molecule has 4 nitrogen and oxygen atoms in total. The van der Waals surface area contributed by atoms with Gasteiger partial charge >= 0.3 is 0 Å². The van der Waals surface area contributed by atoms with E-state index in [0.29, 0.717) is 19.4 Å². The summed E-state index contributed by atoms with van der Waals surface area (Å²) in [5, 5.41) is 19.6. The van der Waals surface area contributed by atoms with E-state index in [4.69, 9.17) is 0 Å². The second kappa shape index (κ2) is 6.94. The van der Waals surface area contributed by atoms with Crippen molar-refractivity contribution in [2.24, 2.45) is 0 Å². The number of rotatable bonds is 5. The molecule has 2 N–H and O–H groups in total. The van der Waals surface area contributed by atoms with Crippen molar-refractivity contribution in [1.82, 2.24) is 9.55 Å². The SMILES string of the molecule is CC(O)Cc1c(-c2ccccc2)ncn1CC1=CC(O)CC=C1. The maximum atomic E-state index is 9.86. The summed E-state index contributed by atoms with van der Waals surface area (Å²) in [6.07, 6.45) is 8.10. The van der Waals surface area contributed by atoms with Crippen LogP contribution in [0.5, 0.6) is 0 Å². The summed E-state index contributed by atoms with van der Waals surface area (Å²) in [5.41, 5.74) is 4.04. The molecule has 23 heavy (non-hydrogen) atoms. The zero-order valence-electron chi connectivity index (χ0n) is 13.3. The zero-order chi connectivity index (χ0) is 16.2. The Hall–Kier alpha value is -2.17. The first-order valence-corrected chi connectivity index (χ1v) is 7.96. The Balaban J connectivity index is 1.94. The number of aromatic nitrogens is 2. The molecule has 0 saturated heterocycles.